The summed E-state index contributed by atoms with van der Waals surface area (Å²) in [7, 11) is 1.84. The van der Waals surface area contributed by atoms with Crippen LogP contribution in [0.15, 0.2) is 27.8 Å². The fraction of sp³-hybridized carbons (Fsp3) is 0.700. The van der Waals surface area contributed by atoms with Gasteiger partial charge in [-0.05, 0) is 24.3 Å². The Morgan fingerprint density at radius 3 is 2.59 bits per heavy atom. The average Bonchev–Trinajstić information content (AvgIpc) is 3.48. The molecule has 0 spiro atoms. The lowest BCUT2D eigenvalue weighted by molar-refractivity contribution is -0.0122. The summed E-state index contributed by atoms with van der Waals surface area (Å²) in [5.74, 6) is 3.67. The molecule has 1 amide bonds. The smallest absolute Gasteiger partial charge is 0.289 e. The first-order valence-electron chi connectivity index (χ1n) is 10.4. The maximum atomic E-state index is 12.5. The molecular formula is C20H31N5O3S. The highest BCUT2D eigenvalue weighted by molar-refractivity contribution is 7.99. The van der Waals surface area contributed by atoms with E-state index in [0.717, 1.165) is 57.6 Å². The van der Waals surface area contributed by atoms with Gasteiger partial charge in [-0.3, -0.25) is 14.7 Å². The molecule has 160 valence electrons. The molecule has 3 aliphatic heterocycles. The number of amides is 1. The molecule has 0 radical (unpaired) electrons. The molecule has 8 nitrogen and oxygen atoms in total. The molecule has 4 rings (SSSR count). The van der Waals surface area contributed by atoms with E-state index >= 15 is 0 Å². The second kappa shape index (κ2) is 9.40. The number of hydrogen-bond acceptors (Lipinski definition) is 6. The number of nitrogens with one attached hydrogen (secondary N) is 1. The fourth-order valence-corrected chi connectivity index (χ4v) is 5.87. The van der Waals surface area contributed by atoms with E-state index in [4.69, 9.17) is 9.15 Å². The van der Waals surface area contributed by atoms with Gasteiger partial charge in [-0.2, -0.15) is 11.8 Å². The Morgan fingerprint density at radius 2 is 1.97 bits per heavy atom. The van der Waals surface area contributed by atoms with Crippen molar-refractivity contribution >= 4 is 23.6 Å². The lowest BCUT2D eigenvalue weighted by atomic mass is 9.95. The topological polar surface area (TPSA) is 73.6 Å². The first kappa shape index (κ1) is 20.6. The molecule has 1 unspecified atom stereocenters. The number of piperazine rings is 1. The molecule has 0 saturated carbocycles. The minimum Gasteiger partial charge on any atom is -0.459 e. The molecule has 0 aliphatic carbocycles. The SMILES string of the molecule is CN=C(NCC1(N2CCOCC2)CCSC1)N1CCN(C(=O)c2ccco2)CC1. The predicted molar refractivity (Wildman–Crippen MR) is 115 cm³/mol. The van der Waals surface area contributed by atoms with Gasteiger partial charge in [0.05, 0.1) is 19.5 Å². The second-order valence-corrected chi connectivity index (χ2v) is 8.89. The third kappa shape index (κ3) is 4.57. The van der Waals surface area contributed by atoms with Crippen LogP contribution in [0.25, 0.3) is 0 Å². The van der Waals surface area contributed by atoms with E-state index in [9.17, 15) is 4.79 Å². The molecule has 9 heteroatoms. The van der Waals surface area contributed by atoms with Crippen LogP contribution in [0, 0.1) is 0 Å². The summed E-state index contributed by atoms with van der Waals surface area (Å²) >= 11 is 2.04. The van der Waals surface area contributed by atoms with E-state index in [-0.39, 0.29) is 11.4 Å². The molecule has 29 heavy (non-hydrogen) atoms. The van der Waals surface area contributed by atoms with Gasteiger partial charge in [-0.1, -0.05) is 0 Å². The van der Waals surface area contributed by atoms with Crippen LogP contribution in [0.4, 0.5) is 0 Å². The number of rotatable bonds is 4. The number of hydrogen-bond donors (Lipinski definition) is 1. The molecule has 1 N–H and O–H groups in total. The normalized spacial score (nSPS) is 26.7. The molecule has 1 atom stereocenters. The number of furan rings is 1. The lowest BCUT2D eigenvalue weighted by Crippen LogP contribution is -2.61. The van der Waals surface area contributed by atoms with Crippen molar-refractivity contribution in [1.82, 2.24) is 20.0 Å². The van der Waals surface area contributed by atoms with Crippen LogP contribution in [-0.4, -0.2) is 110 Å². The summed E-state index contributed by atoms with van der Waals surface area (Å²) in [5, 5.41) is 3.65. The van der Waals surface area contributed by atoms with Gasteiger partial charge in [0.2, 0.25) is 0 Å². The number of carbonyl (C=O) groups excluding carboxylic acids is 1. The Bertz CT molecular complexity index is 691. The Hall–Kier alpha value is -1.71. The van der Waals surface area contributed by atoms with E-state index < -0.39 is 0 Å². The van der Waals surface area contributed by atoms with Crippen molar-refractivity contribution < 1.29 is 13.9 Å². The molecule has 1 aromatic rings. The third-order valence-corrected chi connectivity index (χ3v) is 7.38. The maximum Gasteiger partial charge on any atom is 0.289 e. The Morgan fingerprint density at radius 1 is 1.21 bits per heavy atom. The van der Waals surface area contributed by atoms with Gasteiger partial charge in [0.15, 0.2) is 11.7 Å². The molecule has 3 aliphatic rings. The van der Waals surface area contributed by atoms with Crippen molar-refractivity contribution in [3.63, 3.8) is 0 Å². The lowest BCUT2D eigenvalue weighted by Gasteiger charge is -2.44. The largest absolute Gasteiger partial charge is 0.459 e. The molecule has 0 aromatic carbocycles. The summed E-state index contributed by atoms with van der Waals surface area (Å²) in [6.45, 7) is 7.45. The van der Waals surface area contributed by atoms with Gasteiger partial charge in [0.1, 0.15) is 0 Å². The van der Waals surface area contributed by atoms with Gasteiger partial charge in [0, 0.05) is 64.2 Å². The number of ether oxygens (including phenoxy) is 1. The van der Waals surface area contributed by atoms with E-state index in [1.54, 1.807) is 18.4 Å². The summed E-state index contributed by atoms with van der Waals surface area (Å²) in [6.07, 6.45) is 2.74. The highest BCUT2D eigenvalue weighted by Gasteiger charge is 2.41. The zero-order valence-electron chi connectivity index (χ0n) is 17.1. The summed E-state index contributed by atoms with van der Waals surface area (Å²) in [4.78, 5) is 23.7. The van der Waals surface area contributed by atoms with E-state index in [1.807, 2.05) is 23.7 Å². The van der Waals surface area contributed by atoms with E-state index in [2.05, 4.69) is 20.1 Å². The van der Waals surface area contributed by atoms with Crippen molar-refractivity contribution in [1.29, 1.82) is 0 Å². The van der Waals surface area contributed by atoms with Gasteiger partial charge in [-0.25, -0.2) is 0 Å². The summed E-state index contributed by atoms with van der Waals surface area (Å²) < 4.78 is 10.8. The average molecular weight is 422 g/mol. The maximum absolute atomic E-state index is 12.5. The minimum absolute atomic E-state index is 0.0353. The Balaban J connectivity index is 1.32. The molecular weight excluding hydrogens is 390 g/mol. The highest BCUT2D eigenvalue weighted by atomic mass is 32.2. The van der Waals surface area contributed by atoms with E-state index in [0.29, 0.717) is 18.8 Å². The predicted octanol–water partition coefficient (Wildman–Crippen LogP) is 0.821. The Kier molecular flexibility index (Phi) is 6.67. The van der Waals surface area contributed by atoms with Gasteiger partial charge in [0.25, 0.3) is 5.91 Å². The van der Waals surface area contributed by atoms with Gasteiger partial charge < -0.3 is 24.3 Å². The number of guanidine groups is 1. The third-order valence-electron chi connectivity index (χ3n) is 6.15. The number of aliphatic imine (C=N–C) groups is 1. The van der Waals surface area contributed by atoms with Crippen molar-refractivity contribution in [2.24, 2.45) is 4.99 Å². The highest BCUT2D eigenvalue weighted by Crippen LogP contribution is 2.33. The first-order valence-corrected chi connectivity index (χ1v) is 11.6. The van der Waals surface area contributed by atoms with Crippen LogP contribution in [-0.2, 0) is 4.74 Å². The molecule has 0 bridgehead atoms. The number of carbonyl (C=O) groups is 1. The molecule has 3 saturated heterocycles. The molecule has 1 aromatic heterocycles. The number of thioether (sulfide) groups is 1. The van der Waals surface area contributed by atoms with Crippen molar-refractivity contribution in [2.75, 3.05) is 77.6 Å². The summed E-state index contributed by atoms with van der Waals surface area (Å²) in [5.41, 5.74) is 0.182. The fourth-order valence-electron chi connectivity index (χ4n) is 4.39. The first-order chi connectivity index (χ1) is 14.2. The van der Waals surface area contributed by atoms with Crippen LogP contribution < -0.4 is 5.32 Å². The van der Waals surface area contributed by atoms with Crippen LogP contribution in [0.2, 0.25) is 0 Å². The number of morpholine rings is 1. The van der Waals surface area contributed by atoms with E-state index in [1.165, 1.54) is 12.2 Å². The Labute approximate surface area is 176 Å². The standard InChI is InChI=1S/C20H31N5O3S/c1-21-19(22-15-20(4-14-29-16-20)25-9-12-27-13-10-25)24-7-5-23(6-8-24)18(26)17-3-2-11-28-17/h2-3,11H,4-10,12-16H2,1H3,(H,21,22). The van der Waals surface area contributed by atoms with Crippen LogP contribution >= 0.6 is 11.8 Å². The van der Waals surface area contributed by atoms with Gasteiger partial charge >= 0.3 is 0 Å². The summed E-state index contributed by atoms with van der Waals surface area (Å²) in [6, 6.07) is 3.47. The van der Waals surface area contributed by atoms with Crippen LogP contribution in [0.5, 0.6) is 0 Å². The number of nitrogens with zero attached hydrogens (tertiary/aromatic N) is 4. The minimum atomic E-state index is -0.0353. The van der Waals surface area contributed by atoms with Crippen molar-refractivity contribution in [3.05, 3.63) is 24.2 Å². The van der Waals surface area contributed by atoms with Crippen LogP contribution in [0.1, 0.15) is 17.0 Å². The molecule has 4 heterocycles. The van der Waals surface area contributed by atoms with Crippen molar-refractivity contribution in [3.8, 4) is 0 Å². The van der Waals surface area contributed by atoms with Gasteiger partial charge in [-0.15, -0.1) is 0 Å². The van der Waals surface area contributed by atoms with Crippen molar-refractivity contribution in [2.45, 2.75) is 12.0 Å². The monoisotopic (exact) mass is 421 g/mol. The quantitative estimate of drug-likeness (QED) is 0.570. The second-order valence-electron chi connectivity index (χ2n) is 7.78. The zero-order chi connectivity index (χ0) is 20.1. The zero-order valence-corrected chi connectivity index (χ0v) is 18.0. The van der Waals surface area contributed by atoms with Crippen LogP contribution in [0.3, 0.4) is 0 Å². The molecule has 3 fully saturated rings.